The van der Waals surface area contributed by atoms with E-state index in [1.165, 1.54) is 11.8 Å². The molecule has 0 bridgehead atoms. The number of aryl methyl sites for hydroxylation is 1. The molecule has 3 aromatic rings. The van der Waals surface area contributed by atoms with Gasteiger partial charge in [-0.25, -0.2) is 0 Å². The van der Waals surface area contributed by atoms with Gasteiger partial charge in [-0.2, -0.15) is 0 Å². The third-order valence-electron chi connectivity index (χ3n) is 5.81. The van der Waals surface area contributed by atoms with Gasteiger partial charge in [-0.05, 0) is 54.7 Å². The second-order valence-electron chi connectivity index (χ2n) is 9.53. The van der Waals surface area contributed by atoms with Crippen molar-refractivity contribution in [2.75, 3.05) is 11.1 Å². The van der Waals surface area contributed by atoms with E-state index >= 15 is 0 Å². The fraction of sp³-hybridized carbons (Fsp3) is 0.357. The number of halogens is 1. The summed E-state index contributed by atoms with van der Waals surface area (Å²) < 4.78 is 2.88. The van der Waals surface area contributed by atoms with Crippen molar-refractivity contribution in [1.29, 1.82) is 0 Å². The molecule has 0 unspecified atom stereocenters. The van der Waals surface area contributed by atoms with Gasteiger partial charge in [0.15, 0.2) is 11.0 Å². The van der Waals surface area contributed by atoms with Crippen LogP contribution in [-0.4, -0.2) is 32.3 Å². The van der Waals surface area contributed by atoms with Gasteiger partial charge >= 0.3 is 0 Å². The highest BCUT2D eigenvalue weighted by atomic mass is 79.9. The van der Waals surface area contributed by atoms with Crippen molar-refractivity contribution in [3.8, 4) is 0 Å². The monoisotopic (exact) mass is 583 g/mol. The van der Waals surface area contributed by atoms with Crippen molar-refractivity contribution in [1.82, 2.24) is 20.1 Å². The normalized spacial score (nSPS) is 12.0. The molecule has 7 nitrogen and oxygen atoms in total. The van der Waals surface area contributed by atoms with Gasteiger partial charge in [0.25, 0.3) is 5.91 Å². The van der Waals surface area contributed by atoms with Crippen LogP contribution < -0.4 is 10.6 Å². The Morgan fingerprint density at radius 1 is 1.14 bits per heavy atom. The maximum atomic E-state index is 13.0. The molecule has 0 spiro atoms. The third kappa shape index (κ3) is 7.55. The van der Waals surface area contributed by atoms with E-state index in [1.807, 2.05) is 61.7 Å². The van der Waals surface area contributed by atoms with Gasteiger partial charge in [0, 0.05) is 22.3 Å². The number of amides is 2. The number of nitrogens with zero attached hydrogens (tertiary/aromatic N) is 3. The van der Waals surface area contributed by atoms with Crippen LogP contribution in [0.15, 0.2) is 64.7 Å². The lowest BCUT2D eigenvalue weighted by Gasteiger charge is -2.22. The standard InChI is InChI=1S/C28H34BrN5O2S/c1-7-13-34-26(25(18(4)5)31-27(36)20-10-8-9-19(6)14-20)32-33-28(34)37-16-24(35)30-23-12-11-21(29)15-22(23)17(2)3/h7-12,14-15,17-18,25H,1,13,16H2,2-6H3,(H,30,35)(H,31,36)/t25-/m0/s1. The van der Waals surface area contributed by atoms with Crippen LogP contribution in [0.3, 0.4) is 0 Å². The van der Waals surface area contributed by atoms with E-state index in [-0.39, 0.29) is 35.4 Å². The van der Waals surface area contributed by atoms with Crippen LogP contribution in [-0.2, 0) is 11.3 Å². The number of allylic oxidation sites excluding steroid dienone is 1. The zero-order valence-electron chi connectivity index (χ0n) is 21.9. The van der Waals surface area contributed by atoms with Gasteiger partial charge in [0.05, 0.1) is 11.8 Å². The van der Waals surface area contributed by atoms with E-state index in [1.54, 1.807) is 12.1 Å². The third-order valence-corrected chi connectivity index (χ3v) is 7.27. The first-order valence-electron chi connectivity index (χ1n) is 12.2. The summed E-state index contributed by atoms with van der Waals surface area (Å²) in [6.45, 7) is 14.5. The predicted octanol–water partition coefficient (Wildman–Crippen LogP) is 6.52. The first kappa shape index (κ1) is 28.7. The van der Waals surface area contributed by atoms with Crippen molar-refractivity contribution in [3.63, 3.8) is 0 Å². The minimum Gasteiger partial charge on any atom is -0.342 e. The Bertz CT molecular complexity index is 1270. The summed E-state index contributed by atoms with van der Waals surface area (Å²) in [5.41, 5.74) is 3.48. The molecule has 9 heteroatoms. The van der Waals surface area contributed by atoms with E-state index < -0.39 is 0 Å². The molecule has 196 valence electrons. The molecular weight excluding hydrogens is 550 g/mol. The average Bonchev–Trinajstić information content (AvgIpc) is 3.24. The molecule has 0 aliphatic carbocycles. The molecule has 2 amide bonds. The van der Waals surface area contributed by atoms with E-state index in [2.05, 4.69) is 57.2 Å². The van der Waals surface area contributed by atoms with Crippen LogP contribution in [0.4, 0.5) is 5.69 Å². The Morgan fingerprint density at radius 2 is 1.89 bits per heavy atom. The van der Waals surface area contributed by atoms with Crippen molar-refractivity contribution in [2.24, 2.45) is 5.92 Å². The molecule has 3 rings (SSSR count). The number of benzene rings is 2. The Labute approximate surface area is 231 Å². The van der Waals surface area contributed by atoms with Crippen molar-refractivity contribution < 1.29 is 9.59 Å². The summed E-state index contributed by atoms with van der Waals surface area (Å²) in [7, 11) is 0. The molecule has 0 saturated heterocycles. The summed E-state index contributed by atoms with van der Waals surface area (Å²) >= 11 is 4.81. The quantitative estimate of drug-likeness (QED) is 0.198. The van der Waals surface area contributed by atoms with Crippen LogP contribution in [0.2, 0.25) is 0 Å². The summed E-state index contributed by atoms with van der Waals surface area (Å²) in [4.78, 5) is 25.8. The molecule has 0 fully saturated rings. The highest BCUT2D eigenvalue weighted by Gasteiger charge is 2.26. The van der Waals surface area contributed by atoms with E-state index in [9.17, 15) is 9.59 Å². The maximum absolute atomic E-state index is 13.0. The molecular formula is C28H34BrN5O2S. The minimum absolute atomic E-state index is 0.0644. The second kappa shape index (κ2) is 13.1. The first-order valence-corrected chi connectivity index (χ1v) is 14.0. The van der Waals surface area contributed by atoms with Crippen LogP contribution in [0.1, 0.15) is 67.0 Å². The SMILES string of the molecule is C=CCn1c(SCC(=O)Nc2ccc(Br)cc2C(C)C)nnc1[C@@H](NC(=O)c1cccc(C)c1)C(C)C. The molecule has 37 heavy (non-hydrogen) atoms. The van der Waals surface area contributed by atoms with Gasteiger partial charge < -0.3 is 15.2 Å². The molecule has 1 atom stereocenters. The van der Waals surface area contributed by atoms with Crippen LogP contribution in [0.25, 0.3) is 0 Å². The minimum atomic E-state index is -0.361. The Kier molecular flexibility index (Phi) is 10.1. The zero-order chi connectivity index (χ0) is 27.1. The van der Waals surface area contributed by atoms with Crippen molar-refractivity contribution in [3.05, 3.63) is 82.1 Å². The van der Waals surface area contributed by atoms with Gasteiger partial charge in [0.2, 0.25) is 5.91 Å². The van der Waals surface area contributed by atoms with Crippen LogP contribution in [0, 0.1) is 12.8 Å². The number of carbonyl (C=O) groups is 2. The lowest BCUT2D eigenvalue weighted by molar-refractivity contribution is -0.113. The Hall–Kier alpha value is -2.91. The maximum Gasteiger partial charge on any atom is 0.251 e. The summed E-state index contributed by atoms with van der Waals surface area (Å²) in [5, 5.41) is 15.5. The number of nitrogens with one attached hydrogen (secondary N) is 2. The molecule has 2 aromatic carbocycles. The molecule has 1 heterocycles. The Morgan fingerprint density at radius 3 is 2.54 bits per heavy atom. The average molecular weight is 585 g/mol. The number of rotatable bonds is 11. The number of aromatic nitrogens is 3. The molecule has 0 aliphatic heterocycles. The highest BCUT2D eigenvalue weighted by molar-refractivity contribution is 9.10. The van der Waals surface area contributed by atoms with Crippen LogP contribution >= 0.6 is 27.7 Å². The highest BCUT2D eigenvalue weighted by Crippen LogP contribution is 2.29. The molecule has 0 radical (unpaired) electrons. The molecule has 0 aliphatic rings. The van der Waals surface area contributed by atoms with Gasteiger partial charge in [-0.1, -0.05) is 79.2 Å². The molecule has 1 aromatic heterocycles. The van der Waals surface area contributed by atoms with E-state index in [0.29, 0.717) is 23.1 Å². The number of hydrogen-bond acceptors (Lipinski definition) is 5. The fourth-order valence-electron chi connectivity index (χ4n) is 3.92. The number of carbonyl (C=O) groups excluding carboxylic acids is 2. The number of hydrogen-bond donors (Lipinski definition) is 2. The number of anilines is 1. The van der Waals surface area contributed by atoms with Gasteiger partial charge in [-0.3, -0.25) is 9.59 Å². The van der Waals surface area contributed by atoms with E-state index in [4.69, 9.17) is 0 Å². The van der Waals surface area contributed by atoms with Crippen molar-refractivity contribution >= 4 is 45.2 Å². The van der Waals surface area contributed by atoms with Crippen LogP contribution in [0.5, 0.6) is 0 Å². The lowest BCUT2D eigenvalue weighted by Crippen LogP contribution is -2.34. The predicted molar refractivity (Wildman–Crippen MR) is 154 cm³/mol. The smallest absolute Gasteiger partial charge is 0.251 e. The van der Waals surface area contributed by atoms with Gasteiger partial charge in [0.1, 0.15) is 0 Å². The summed E-state index contributed by atoms with van der Waals surface area (Å²) in [6.07, 6.45) is 1.76. The lowest BCUT2D eigenvalue weighted by atomic mass is 10.0. The molecule has 0 saturated carbocycles. The largest absolute Gasteiger partial charge is 0.342 e. The van der Waals surface area contributed by atoms with Gasteiger partial charge in [-0.15, -0.1) is 16.8 Å². The summed E-state index contributed by atoms with van der Waals surface area (Å²) in [6, 6.07) is 13.0. The van der Waals surface area contributed by atoms with Crippen molar-refractivity contribution in [2.45, 2.75) is 58.3 Å². The van der Waals surface area contributed by atoms with E-state index in [0.717, 1.165) is 21.3 Å². The second-order valence-corrected chi connectivity index (χ2v) is 11.4. The zero-order valence-corrected chi connectivity index (χ0v) is 24.3. The molecule has 2 N–H and O–H groups in total. The first-order chi connectivity index (χ1) is 17.6. The topological polar surface area (TPSA) is 88.9 Å². The number of thioether (sulfide) groups is 1. The summed E-state index contributed by atoms with van der Waals surface area (Å²) in [5.74, 6) is 0.840. The fourth-order valence-corrected chi connectivity index (χ4v) is 5.05. The Balaban J connectivity index is 1.77.